The molecule has 1 nitrogen and oxygen atoms in total. The van der Waals surface area contributed by atoms with Gasteiger partial charge in [-0.15, -0.1) is 0 Å². The maximum Gasteiger partial charge on any atom is 0.132 e. The Morgan fingerprint density at radius 2 is 2.00 bits per heavy atom. The summed E-state index contributed by atoms with van der Waals surface area (Å²) in [6, 6.07) is 9.96. The Morgan fingerprint density at radius 3 is 2.65 bits per heavy atom. The minimum absolute atomic E-state index is 0.355. The summed E-state index contributed by atoms with van der Waals surface area (Å²) in [6.07, 6.45) is 0. The van der Waals surface area contributed by atoms with Crippen molar-refractivity contribution >= 4 is 27.5 Å². The first-order valence-electron chi connectivity index (χ1n) is 4.91. The van der Waals surface area contributed by atoms with E-state index < -0.39 is 0 Å². The van der Waals surface area contributed by atoms with Crippen LogP contribution in [0, 0.1) is 5.82 Å². The number of hydrogen-bond acceptors (Lipinski definition) is 1. The van der Waals surface area contributed by atoms with Crippen LogP contribution in [0.25, 0.3) is 11.1 Å². The summed E-state index contributed by atoms with van der Waals surface area (Å²) in [7, 11) is 1.57. The first-order valence-corrected chi connectivity index (χ1v) is 6.08. The second-order valence-corrected chi connectivity index (χ2v) is 4.70. The van der Waals surface area contributed by atoms with Crippen molar-refractivity contribution < 1.29 is 9.13 Å². The van der Waals surface area contributed by atoms with Crippen LogP contribution in [0.15, 0.2) is 40.9 Å². The van der Waals surface area contributed by atoms with Gasteiger partial charge in [-0.1, -0.05) is 33.6 Å². The Morgan fingerprint density at radius 1 is 1.24 bits per heavy atom. The highest BCUT2D eigenvalue weighted by molar-refractivity contribution is 9.10. The minimum Gasteiger partial charge on any atom is -0.497 e. The third kappa shape index (κ3) is 2.45. The molecule has 0 aromatic heterocycles. The van der Waals surface area contributed by atoms with Gasteiger partial charge in [0.25, 0.3) is 0 Å². The summed E-state index contributed by atoms with van der Waals surface area (Å²) in [4.78, 5) is 0. The van der Waals surface area contributed by atoms with Gasteiger partial charge < -0.3 is 4.74 Å². The molecule has 17 heavy (non-hydrogen) atoms. The van der Waals surface area contributed by atoms with Gasteiger partial charge in [-0.25, -0.2) is 4.39 Å². The highest BCUT2D eigenvalue weighted by Gasteiger charge is 2.13. The molecule has 2 aromatic rings. The van der Waals surface area contributed by atoms with Gasteiger partial charge >= 0.3 is 0 Å². The molecule has 4 heteroatoms. The molecule has 0 aliphatic carbocycles. The van der Waals surface area contributed by atoms with Crippen LogP contribution in [0.5, 0.6) is 5.75 Å². The van der Waals surface area contributed by atoms with Crippen LogP contribution in [0.3, 0.4) is 0 Å². The van der Waals surface area contributed by atoms with Gasteiger partial charge in [-0.05, 0) is 30.3 Å². The molecule has 2 rings (SSSR count). The van der Waals surface area contributed by atoms with Crippen LogP contribution in [-0.4, -0.2) is 7.11 Å². The molecular formula is C13H9BrClFO. The van der Waals surface area contributed by atoms with Gasteiger partial charge in [0.05, 0.1) is 12.1 Å². The number of methoxy groups -OCH3 is 1. The van der Waals surface area contributed by atoms with Crippen molar-refractivity contribution in [1.82, 2.24) is 0 Å². The van der Waals surface area contributed by atoms with Crippen LogP contribution >= 0.6 is 27.5 Å². The fourth-order valence-corrected chi connectivity index (χ4v) is 2.29. The highest BCUT2D eigenvalue weighted by atomic mass is 79.9. The van der Waals surface area contributed by atoms with E-state index in [-0.39, 0.29) is 5.82 Å². The zero-order chi connectivity index (χ0) is 12.4. The quantitative estimate of drug-likeness (QED) is 0.764. The average Bonchev–Trinajstić information content (AvgIpc) is 2.31. The first kappa shape index (κ1) is 12.4. The molecule has 88 valence electrons. The van der Waals surface area contributed by atoms with Crippen LogP contribution in [0.2, 0.25) is 5.02 Å². The molecule has 0 N–H and O–H groups in total. The monoisotopic (exact) mass is 314 g/mol. The Kier molecular flexibility index (Phi) is 3.69. The summed E-state index contributed by atoms with van der Waals surface area (Å²) in [6.45, 7) is 0. The molecule has 2 aromatic carbocycles. The number of halogens is 3. The van der Waals surface area contributed by atoms with Crippen molar-refractivity contribution in [2.24, 2.45) is 0 Å². The zero-order valence-electron chi connectivity index (χ0n) is 9.01. The van der Waals surface area contributed by atoms with Crippen molar-refractivity contribution in [3.63, 3.8) is 0 Å². The van der Waals surface area contributed by atoms with E-state index in [4.69, 9.17) is 16.3 Å². The summed E-state index contributed by atoms with van der Waals surface area (Å²) in [5.74, 6) is 0.300. The molecule has 0 saturated heterocycles. The lowest BCUT2D eigenvalue weighted by atomic mass is 10.0. The van der Waals surface area contributed by atoms with E-state index in [1.165, 1.54) is 6.07 Å². The molecule has 0 amide bonds. The lowest BCUT2D eigenvalue weighted by Gasteiger charge is -2.10. The van der Waals surface area contributed by atoms with Crippen LogP contribution in [-0.2, 0) is 0 Å². The molecule has 0 heterocycles. The van der Waals surface area contributed by atoms with E-state index in [1.807, 2.05) is 0 Å². The van der Waals surface area contributed by atoms with Gasteiger partial charge in [0.1, 0.15) is 11.6 Å². The maximum atomic E-state index is 13.8. The average molecular weight is 316 g/mol. The summed E-state index contributed by atoms with van der Waals surface area (Å²) in [5, 5.41) is 0.374. The van der Waals surface area contributed by atoms with Crippen molar-refractivity contribution in [1.29, 1.82) is 0 Å². The van der Waals surface area contributed by atoms with Crippen LogP contribution in [0.4, 0.5) is 4.39 Å². The largest absolute Gasteiger partial charge is 0.497 e. The van der Waals surface area contributed by atoms with Gasteiger partial charge in [-0.2, -0.15) is 0 Å². The third-order valence-corrected chi connectivity index (χ3v) is 3.41. The topological polar surface area (TPSA) is 9.23 Å². The predicted octanol–water partition coefficient (Wildman–Crippen LogP) is 4.92. The molecule has 0 atom stereocenters. The van der Waals surface area contributed by atoms with Crippen LogP contribution in [0.1, 0.15) is 0 Å². The summed E-state index contributed by atoms with van der Waals surface area (Å²) >= 11 is 9.41. The zero-order valence-corrected chi connectivity index (χ0v) is 11.3. The molecular weight excluding hydrogens is 306 g/mol. The normalized spacial score (nSPS) is 10.4. The fraction of sp³-hybridized carbons (Fsp3) is 0.0769. The van der Waals surface area contributed by atoms with Gasteiger partial charge in [-0.3, -0.25) is 0 Å². The second kappa shape index (κ2) is 5.07. The number of rotatable bonds is 2. The smallest absolute Gasteiger partial charge is 0.132 e. The lowest BCUT2D eigenvalue weighted by molar-refractivity contribution is 0.415. The lowest BCUT2D eigenvalue weighted by Crippen LogP contribution is -1.89. The van der Waals surface area contributed by atoms with Crippen molar-refractivity contribution in [2.75, 3.05) is 7.11 Å². The third-order valence-electron chi connectivity index (χ3n) is 2.41. The molecule has 0 bridgehead atoms. The molecule has 0 unspecified atom stereocenters. The van der Waals surface area contributed by atoms with E-state index >= 15 is 0 Å². The van der Waals surface area contributed by atoms with Gasteiger partial charge in [0.15, 0.2) is 0 Å². The molecule has 0 aliphatic heterocycles. The Bertz CT molecular complexity index is 537. The Labute approximate surface area is 112 Å². The van der Waals surface area contributed by atoms with Crippen LogP contribution < -0.4 is 4.74 Å². The first-order chi connectivity index (χ1) is 8.13. The SMILES string of the molecule is COc1ccc(Br)c(-c2c(F)cccc2Cl)c1. The molecule has 0 aliphatic rings. The maximum absolute atomic E-state index is 13.8. The Hall–Kier alpha value is -1.06. The molecule has 0 spiro atoms. The van der Waals surface area contributed by atoms with E-state index in [1.54, 1.807) is 37.4 Å². The van der Waals surface area contributed by atoms with Crippen molar-refractivity contribution in [3.05, 3.63) is 51.7 Å². The highest BCUT2D eigenvalue weighted by Crippen LogP contribution is 2.37. The van der Waals surface area contributed by atoms with E-state index in [2.05, 4.69) is 15.9 Å². The van der Waals surface area contributed by atoms with E-state index in [0.717, 1.165) is 4.47 Å². The molecule has 0 radical (unpaired) electrons. The second-order valence-electron chi connectivity index (χ2n) is 3.44. The van der Waals surface area contributed by atoms with Gasteiger partial charge in [0.2, 0.25) is 0 Å². The minimum atomic E-state index is -0.355. The van der Waals surface area contributed by atoms with E-state index in [0.29, 0.717) is 21.9 Å². The van der Waals surface area contributed by atoms with E-state index in [9.17, 15) is 4.39 Å². The number of benzene rings is 2. The molecule has 0 saturated carbocycles. The fourth-order valence-electron chi connectivity index (χ4n) is 1.58. The van der Waals surface area contributed by atoms with Crippen molar-refractivity contribution in [2.45, 2.75) is 0 Å². The summed E-state index contributed by atoms with van der Waals surface area (Å²) in [5.41, 5.74) is 1.05. The standard InChI is InChI=1S/C13H9BrClFO/c1-17-8-5-6-10(14)9(7-8)13-11(15)3-2-4-12(13)16/h2-7H,1H3. The molecule has 0 fully saturated rings. The Balaban J connectivity index is 2.67. The number of hydrogen-bond donors (Lipinski definition) is 0. The predicted molar refractivity (Wildman–Crippen MR) is 71.1 cm³/mol. The van der Waals surface area contributed by atoms with Gasteiger partial charge in [0, 0.05) is 15.6 Å². The van der Waals surface area contributed by atoms with Crippen molar-refractivity contribution in [3.8, 4) is 16.9 Å². The summed E-state index contributed by atoms with van der Waals surface area (Å²) < 4.78 is 19.7. The number of ether oxygens (including phenoxy) is 1.